The van der Waals surface area contributed by atoms with E-state index in [1.165, 1.54) is 5.39 Å². The Kier molecular flexibility index (Phi) is 8.38. The summed E-state index contributed by atoms with van der Waals surface area (Å²) in [6.45, 7) is 0. The molecule has 0 aliphatic carbocycles. The topological polar surface area (TPSA) is 69.6 Å². The van der Waals surface area contributed by atoms with E-state index in [0.717, 1.165) is 94.2 Å². The molecular formula is C56H35N5O. The third-order valence-corrected chi connectivity index (χ3v) is 11.7. The lowest BCUT2D eigenvalue weighted by molar-refractivity contribution is 0.669. The highest BCUT2D eigenvalue weighted by Crippen LogP contribution is 2.41. The van der Waals surface area contributed by atoms with E-state index in [-0.39, 0.29) is 0 Å². The van der Waals surface area contributed by atoms with Gasteiger partial charge in [-0.2, -0.15) is 0 Å². The Bertz CT molecular complexity index is 3560. The van der Waals surface area contributed by atoms with Crippen LogP contribution in [0.5, 0.6) is 0 Å². The molecule has 4 aromatic heterocycles. The normalized spacial score (nSPS) is 11.5. The number of benzene rings is 8. The fourth-order valence-corrected chi connectivity index (χ4v) is 8.70. The molecule has 0 atom stereocenters. The molecule has 8 aromatic carbocycles. The molecule has 4 heterocycles. The summed E-state index contributed by atoms with van der Waals surface area (Å²) in [4.78, 5) is 20.7. The molecule has 6 nitrogen and oxygen atoms in total. The third-order valence-electron chi connectivity index (χ3n) is 11.7. The van der Waals surface area contributed by atoms with E-state index in [9.17, 15) is 0 Å². The van der Waals surface area contributed by atoms with Gasteiger partial charge in [-0.15, -0.1) is 0 Å². The molecule has 0 bridgehead atoms. The number of nitrogens with zero attached hydrogens (tertiary/aromatic N) is 5. The van der Waals surface area contributed by atoms with Crippen molar-refractivity contribution in [2.75, 3.05) is 0 Å². The first-order valence-electron chi connectivity index (χ1n) is 20.7. The maximum Gasteiger partial charge on any atom is 0.166 e. The highest BCUT2D eigenvalue weighted by Gasteiger charge is 2.21. The van der Waals surface area contributed by atoms with E-state index in [4.69, 9.17) is 24.4 Å². The summed E-state index contributed by atoms with van der Waals surface area (Å²) in [7, 11) is 0. The van der Waals surface area contributed by atoms with Gasteiger partial charge < -0.3 is 8.98 Å². The molecular weight excluding hydrogens is 759 g/mol. The third kappa shape index (κ3) is 6.13. The maximum absolute atomic E-state index is 6.64. The van der Waals surface area contributed by atoms with Crippen molar-refractivity contribution in [1.29, 1.82) is 0 Å². The summed E-state index contributed by atoms with van der Waals surface area (Å²) in [5.74, 6) is 1.72. The van der Waals surface area contributed by atoms with Crippen molar-refractivity contribution in [3.8, 4) is 73.4 Å². The van der Waals surface area contributed by atoms with Crippen molar-refractivity contribution in [3.05, 3.63) is 212 Å². The molecule has 0 aliphatic rings. The second-order valence-corrected chi connectivity index (χ2v) is 15.5. The monoisotopic (exact) mass is 793 g/mol. The Morgan fingerprint density at radius 2 is 0.919 bits per heavy atom. The Morgan fingerprint density at radius 3 is 1.63 bits per heavy atom. The molecule has 0 saturated heterocycles. The lowest BCUT2D eigenvalue weighted by Gasteiger charge is -2.14. The van der Waals surface area contributed by atoms with E-state index in [2.05, 4.69) is 144 Å². The summed E-state index contributed by atoms with van der Waals surface area (Å²) >= 11 is 0. The van der Waals surface area contributed by atoms with Gasteiger partial charge in [0.05, 0.1) is 16.7 Å². The van der Waals surface area contributed by atoms with Crippen molar-refractivity contribution in [1.82, 2.24) is 24.5 Å². The van der Waals surface area contributed by atoms with Gasteiger partial charge in [-0.25, -0.2) is 15.0 Å². The second-order valence-electron chi connectivity index (χ2n) is 15.5. The van der Waals surface area contributed by atoms with Gasteiger partial charge in [-0.3, -0.25) is 4.98 Å². The van der Waals surface area contributed by atoms with Gasteiger partial charge in [0.2, 0.25) is 0 Å². The minimum atomic E-state index is 0.536. The lowest BCUT2D eigenvalue weighted by Crippen LogP contribution is -2.02. The van der Waals surface area contributed by atoms with Crippen LogP contribution in [-0.2, 0) is 0 Å². The fraction of sp³-hybridized carbons (Fsp3) is 0. The molecule has 0 aliphatic heterocycles. The van der Waals surface area contributed by atoms with Gasteiger partial charge in [0.15, 0.2) is 17.5 Å². The molecule has 0 fully saturated rings. The van der Waals surface area contributed by atoms with Gasteiger partial charge in [-0.05, 0) is 71.3 Å². The molecule has 6 heteroatoms. The van der Waals surface area contributed by atoms with Crippen LogP contribution in [-0.4, -0.2) is 24.5 Å². The summed E-state index contributed by atoms with van der Waals surface area (Å²) in [6, 6.07) is 71.2. The van der Waals surface area contributed by atoms with Gasteiger partial charge in [0.25, 0.3) is 0 Å². The number of furan rings is 1. The number of hydrogen-bond donors (Lipinski definition) is 0. The molecule has 12 rings (SSSR count). The lowest BCUT2D eigenvalue weighted by atomic mass is 9.96. The first-order valence-corrected chi connectivity index (χ1v) is 20.7. The Labute approximate surface area is 357 Å². The van der Waals surface area contributed by atoms with Crippen molar-refractivity contribution >= 4 is 43.7 Å². The Hall–Kier alpha value is -8.48. The molecule has 12 aromatic rings. The second kappa shape index (κ2) is 14.7. The Balaban J connectivity index is 1.08. The molecule has 0 N–H and O–H groups in total. The van der Waals surface area contributed by atoms with Crippen LogP contribution in [0.15, 0.2) is 217 Å². The first-order chi connectivity index (χ1) is 30.7. The fourth-order valence-electron chi connectivity index (χ4n) is 8.70. The van der Waals surface area contributed by atoms with E-state index < -0.39 is 0 Å². The van der Waals surface area contributed by atoms with Crippen LogP contribution in [0.1, 0.15) is 0 Å². The minimum Gasteiger partial charge on any atom is -0.456 e. The van der Waals surface area contributed by atoms with E-state index in [1.54, 1.807) is 0 Å². The van der Waals surface area contributed by atoms with Gasteiger partial charge in [0.1, 0.15) is 11.2 Å². The smallest absolute Gasteiger partial charge is 0.166 e. The van der Waals surface area contributed by atoms with E-state index >= 15 is 0 Å². The summed E-state index contributed by atoms with van der Waals surface area (Å²) < 4.78 is 8.96. The number of hydrogen-bond acceptors (Lipinski definition) is 5. The molecule has 0 radical (unpaired) electrons. The van der Waals surface area contributed by atoms with E-state index in [0.29, 0.717) is 17.5 Å². The quantitative estimate of drug-likeness (QED) is 0.161. The van der Waals surface area contributed by atoms with Crippen LogP contribution in [0.3, 0.4) is 0 Å². The maximum atomic E-state index is 6.64. The molecule has 62 heavy (non-hydrogen) atoms. The minimum absolute atomic E-state index is 0.536. The largest absolute Gasteiger partial charge is 0.456 e. The van der Waals surface area contributed by atoms with Gasteiger partial charge >= 0.3 is 0 Å². The standard InChI is InChI=1S/C56H35N5O/c1-5-16-36(17-6-1)39-22-15-23-40(30-39)42-32-48(56-59-54(37-18-7-2-8-19-37)58-55(60-56)38-20-9-3-10-21-38)53(57-35-42)41-28-29-51-46(31-41)47-33-45-44-26-13-14-27-49(44)61(43-24-11-4-12-25-43)50(45)34-52(47)62-51/h1-35H. The van der Waals surface area contributed by atoms with Crippen molar-refractivity contribution in [2.24, 2.45) is 0 Å². The zero-order valence-electron chi connectivity index (χ0n) is 33.4. The molecule has 0 amide bonds. The van der Waals surface area contributed by atoms with Gasteiger partial charge in [-0.1, -0.05) is 146 Å². The summed E-state index contributed by atoms with van der Waals surface area (Å²) in [5, 5.41) is 4.40. The van der Waals surface area contributed by atoms with Crippen molar-refractivity contribution in [3.63, 3.8) is 0 Å². The van der Waals surface area contributed by atoms with Gasteiger partial charge in [0, 0.05) is 67.3 Å². The predicted octanol–water partition coefficient (Wildman–Crippen LogP) is 14.3. The van der Waals surface area contributed by atoms with E-state index in [1.807, 2.05) is 72.9 Å². The number of pyridine rings is 1. The number of fused-ring (bicyclic) bond motifs is 6. The molecule has 0 unspecified atom stereocenters. The average Bonchev–Trinajstić information content (AvgIpc) is 3.88. The number of aromatic nitrogens is 5. The van der Waals surface area contributed by atoms with Crippen LogP contribution in [0.4, 0.5) is 0 Å². The zero-order valence-corrected chi connectivity index (χ0v) is 33.4. The Morgan fingerprint density at radius 1 is 0.339 bits per heavy atom. The van der Waals surface area contributed by atoms with Crippen molar-refractivity contribution < 1.29 is 4.42 Å². The first kappa shape index (κ1) is 35.5. The number of para-hydroxylation sites is 2. The summed E-state index contributed by atoms with van der Waals surface area (Å²) in [5.41, 5.74) is 13.5. The average molecular weight is 794 g/mol. The highest BCUT2D eigenvalue weighted by molar-refractivity contribution is 6.17. The zero-order chi connectivity index (χ0) is 41.0. The van der Waals surface area contributed by atoms with Crippen LogP contribution in [0, 0.1) is 0 Å². The molecule has 0 saturated carbocycles. The predicted molar refractivity (Wildman–Crippen MR) is 252 cm³/mol. The van der Waals surface area contributed by atoms with Crippen LogP contribution < -0.4 is 0 Å². The summed E-state index contributed by atoms with van der Waals surface area (Å²) in [6.07, 6.45) is 1.96. The van der Waals surface area contributed by atoms with Crippen molar-refractivity contribution in [2.45, 2.75) is 0 Å². The SMILES string of the molecule is c1ccc(-c2cccc(-c3cnc(-c4ccc5oc6cc7c(cc6c5c4)c4ccccc4n7-c4ccccc4)c(-c4nc(-c5ccccc5)nc(-c5ccccc5)n4)c3)c2)cc1. The highest BCUT2D eigenvalue weighted by atomic mass is 16.3. The number of rotatable bonds is 7. The molecule has 0 spiro atoms. The van der Waals surface area contributed by atoms with Crippen LogP contribution >= 0.6 is 0 Å². The molecule has 290 valence electrons. The van der Waals surface area contributed by atoms with Crippen LogP contribution in [0.2, 0.25) is 0 Å². The van der Waals surface area contributed by atoms with Crippen LogP contribution in [0.25, 0.3) is 117 Å².